The summed E-state index contributed by atoms with van der Waals surface area (Å²) in [5.74, 6) is 0.239. The lowest BCUT2D eigenvalue weighted by atomic mass is 10.2. The Labute approximate surface area is 129 Å². The van der Waals surface area contributed by atoms with Crippen molar-refractivity contribution in [1.29, 1.82) is 0 Å². The van der Waals surface area contributed by atoms with Crippen molar-refractivity contribution < 1.29 is 17.9 Å². The van der Waals surface area contributed by atoms with Crippen molar-refractivity contribution >= 4 is 27.5 Å². The molecular weight excluding hydrogens is 316 g/mol. The zero-order valence-corrected chi connectivity index (χ0v) is 13.8. The maximum atomic E-state index is 12.2. The molecule has 0 unspecified atom stereocenters. The van der Waals surface area contributed by atoms with E-state index < -0.39 is 10.0 Å². The molecule has 0 bridgehead atoms. The molecule has 1 aromatic rings. The summed E-state index contributed by atoms with van der Waals surface area (Å²) in [6.45, 7) is 5.62. The second-order valence-electron chi connectivity index (χ2n) is 4.36. The quantitative estimate of drug-likeness (QED) is 0.739. The highest BCUT2D eigenvalue weighted by Gasteiger charge is 2.19. The molecule has 21 heavy (non-hydrogen) atoms. The molecule has 0 aliphatic heterocycles. The number of amides is 1. The standard InChI is InChI=1S/C13H19ClN2O4S/c1-4-20-12-7-9(2)13(8-11(12)14)21(18,19)16-6-5-15-10(3)17/h7-8,16H,4-6H2,1-3H3,(H,15,17). The Hall–Kier alpha value is -1.31. The van der Waals surface area contributed by atoms with Crippen molar-refractivity contribution in [3.8, 4) is 5.75 Å². The van der Waals surface area contributed by atoms with Gasteiger partial charge in [-0.2, -0.15) is 0 Å². The third kappa shape index (κ3) is 5.18. The van der Waals surface area contributed by atoms with Crippen molar-refractivity contribution in [2.45, 2.75) is 25.7 Å². The highest BCUT2D eigenvalue weighted by Crippen LogP contribution is 2.30. The third-order valence-corrected chi connectivity index (χ3v) is 4.51. The third-order valence-electron chi connectivity index (χ3n) is 2.61. The van der Waals surface area contributed by atoms with Crippen LogP contribution in [0.2, 0.25) is 5.02 Å². The second-order valence-corrected chi connectivity index (χ2v) is 6.50. The first kappa shape index (κ1) is 17.7. The van der Waals surface area contributed by atoms with Crippen LogP contribution < -0.4 is 14.8 Å². The van der Waals surface area contributed by atoms with Crippen LogP contribution in [0.5, 0.6) is 5.75 Å². The minimum Gasteiger partial charge on any atom is -0.492 e. The zero-order valence-electron chi connectivity index (χ0n) is 12.2. The van der Waals surface area contributed by atoms with E-state index in [1.54, 1.807) is 13.0 Å². The van der Waals surface area contributed by atoms with Crippen LogP contribution in [-0.4, -0.2) is 34.0 Å². The molecule has 0 saturated carbocycles. The smallest absolute Gasteiger partial charge is 0.240 e. The van der Waals surface area contributed by atoms with Crippen molar-refractivity contribution in [3.63, 3.8) is 0 Å². The Morgan fingerprint density at radius 2 is 2.00 bits per heavy atom. The van der Waals surface area contributed by atoms with Crippen LogP contribution in [0.3, 0.4) is 0 Å². The summed E-state index contributed by atoms with van der Waals surface area (Å²) in [5.41, 5.74) is 0.537. The molecule has 0 heterocycles. The van der Waals surface area contributed by atoms with Gasteiger partial charge in [-0.3, -0.25) is 4.79 Å². The number of benzene rings is 1. The molecule has 2 N–H and O–H groups in total. The fourth-order valence-corrected chi connectivity index (χ4v) is 3.26. The molecule has 0 aliphatic rings. The van der Waals surface area contributed by atoms with E-state index in [2.05, 4.69) is 10.0 Å². The predicted octanol–water partition coefficient (Wildman–Crippen LogP) is 1.46. The number of nitrogens with one attached hydrogen (secondary N) is 2. The van der Waals surface area contributed by atoms with Gasteiger partial charge in [0.1, 0.15) is 5.75 Å². The van der Waals surface area contributed by atoms with Crippen LogP contribution in [0.15, 0.2) is 17.0 Å². The van der Waals surface area contributed by atoms with Crippen LogP contribution in [0, 0.1) is 6.92 Å². The lowest BCUT2D eigenvalue weighted by Crippen LogP contribution is -2.33. The first-order valence-electron chi connectivity index (χ1n) is 6.45. The van der Waals surface area contributed by atoms with Gasteiger partial charge in [-0.1, -0.05) is 11.6 Å². The number of sulfonamides is 1. The molecule has 0 radical (unpaired) electrons. The average molecular weight is 335 g/mol. The van der Waals surface area contributed by atoms with Crippen molar-refractivity contribution in [2.75, 3.05) is 19.7 Å². The average Bonchev–Trinajstić information content (AvgIpc) is 2.38. The number of hydrogen-bond acceptors (Lipinski definition) is 4. The number of hydrogen-bond donors (Lipinski definition) is 2. The number of carbonyl (C=O) groups excluding carboxylic acids is 1. The highest BCUT2D eigenvalue weighted by atomic mass is 35.5. The molecule has 0 spiro atoms. The Morgan fingerprint density at radius 1 is 1.33 bits per heavy atom. The molecule has 1 aromatic carbocycles. The van der Waals surface area contributed by atoms with E-state index >= 15 is 0 Å². The molecular formula is C13H19ClN2O4S. The summed E-state index contributed by atoms with van der Waals surface area (Å²) in [6, 6.07) is 2.96. The predicted molar refractivity (Wildman–Crippen MR) is 81.2 cm³/mol. The van der Waals surface area contributed by atoms with Gasteiger partial charge in [-0.25, -0.2) is 13.1 Å². The highest BCUT2D eigenvalue weighted by molar-refractivity contribution is 7.89. The molecule has 0 aromatic heterocycles. The monoisotopic (exact) mass is 334 g/mol. The molecule has 0 aliphatic carbocycles. The van der Waals surface area contributed by atoms with E-state index in [1.807, 2.05) is 6.92 Å². The molecule has 0 saturated heterocycles. The van der Waals surface area contributed by atoms with E-state index in [1.165, 1.54) is 13.0 Å². The molecule has 0 fully saturated rings. The number of carbonyl (C=O) groups is 1. The summed E-state index contributed by atoms with van der Waals surface area (Å²) in [4.78, 5) is 10.8. The zero-order chi connectivity index (χ0) is 16.0. The lowest BCUT2D eigenvalue weighted by Gasteiger charge is -2.13. The largest absolute Gasteiger partial charge is 0.492 e. The summed E-state index contributed by atoms with van der Waals surface area (Å²) in [5, 5.41) is 2.75. The summed E-state index contributed by atoms with van der Waals surface area (Å²) in [7, 11) is -3.68. The van der Waals surface area contributed by atoms with Crippen LogP contribution in [0.25, 0.3) is 0 Å². The number of aryl methyl sites for hydroxylation is 1. The normalized spacial score (nSPS) is 11.2. The maximum Gasteiger partial charge on any atom is 0.240 e. The summed E-state index contributed by atoms with van der Waals surface area (Å²) >= 11 is 6.01. The van der Waals surface area contributed by atoms with Gasteiger partial charge >= 0.3 is 0 Å². The Kier molecular flexibility index (Phi) is 6.44. The fraction of sp³-hybridized carbons (Fsp3) is 0.462. The lowest BCUT2D eigenvalue weighted by molar-refractivity contribution is -0.118. The number of halogens is 1. The first-order valence-corrected chi connectivity index (χ1v) is 8.31. The van der Waals surface area contributed by atoms with Gasteiger partial charge in [0.25, 0.3) is 0 Å². The van der Waals surface area contributed by atoms with Crippen molar-refractivity contribution in [1.82, 2.24) is 10.0 Å². The van der Waals surface area contributed by atoms with E-state index in [9.17, 15) is 13.2 Å². The van der Waals surface area contributed by atoms with E-state index in [0.717, 1.165) is 0 Å². The van der Waals surface area contributed by atoms with Gasteiger partial charge in [-0.05, 0) is 31.5 Å². The Morgan fingerprint density at radius 3 is 2.57 bits per heavy atom. The topological polar surface area (TPSA) is 84.5 Å². The van der Waals surface area contributed by atoms with E-state index in [4.69, 9.17) is 16.3 Å². The van der Waals surface area contributed by atoms with Gasteiger partial charge in [-0.15, -0.1) is 0 Å². The molecule has 0 atom stereocenters. The van der Waals surface area contributed by atoms with Gasteiger partial charge in [0.15, 0.2) is 0 Å². The van der Waals surface area contributed by atoms with E-state index in [0.29, 0.717) is 17.9 Å². The number of rotatable bonds is 7. The second kappa shape index (κ2) is 7.63. The molecule has 1 rings (SSSR count). The van der Waals surface area contributed by atoms with Crippen LogP contribution in [0.1, 0.15) is 19.4 Å². The number of ether oxygens (including phenoxy) is 1. The minimum absolute atomic E-state index is 0.0961. The van der Waals surface area contributed by atoms with Crippen LogP contribution >= 0.6 is 11.6 Å². The Balaban J connectivity index is 2.88. The van der Waals surface area contributed by atoms with Gasteiger partial charge in [0, 0.05) is 20.0 Å². The first-order chi connectivity index (χ1) is 9.77. The van der Waals surface area contributed by atoms with Gasteiger partial charge < -0.3 is 10.1 Å². The molecule has 118 valence electrons. The summed E-state index contributed by atoms with van der Waals surface area (Å²) < 4.78 is 32.1. The van der Waals surface area contributed by atoms with Crippen molar-refractivity contribution in [2.24, 2.45) is 0 Å². The van der Waals surface area contributed by atoms with Crippen molar-refractivity contribution in [3.05, 3.63) is 22.7 Å². The van der Waals surface area contributed by atoms with Gasteiger partial charge in [0.05, 0.1) is 16.5 Å². The molecule has 6 nitrogen and oxygen atoms in total. The van der Waals surface area contributed by atoms with Crippen LogP contribution in [0.4, 0.5) is 0 Å². The maximum absolute atomic E-state index is 12.2. The van der Waals surface area contributed by atoms with E-state index in [-0.39, 0.29) is 28.9 Å². The minimum atomic E-state index is -3.68. The molecule has 8 heteroatoms. The summed E-state index contributed by atoms with van der Waals surface area (Å²) in [6.07, 6.45) is 0. The Bertz CT molecular complexity index is 617. The SMILES string of the molecule is CCOc1cc(C)c(S(=O)(=O)NCCNC(C)=O)cc1Cl. The molecule has 1 amide bonds. The van der Waals surface area contributed by atoms with Gasteiger partial charge in [0.2, 0.25) is 15.9 Å². The fourth-order valence-electron chi connectivity index (χ4n) is 1.69. The van der Waals surface area contributed by atoms with Crippen LogP contribution in [-0.2, 0) is 14.8 Å².